The Bertz CT molecular complexity index is 1070. The van der Waals surface area contributed by atoms with Crippen LogP contribution in [0.15, 0.2) is 24.4 Å². The van der Waals surface area contributed by atoms with Crippen LogP contribution >= 0.6 is 0 Å². The number of methoxy groups -OCH3 is 1. The summed E-state index contributed by atoms with van der Waals surface area (Å²) in [6.45, 7) is 12.2. The second-order valence-electron chi connectivity index (χ2n) is 10.8. The average molecular weight is 480 g/mol. The predicted octanol–water partition coefficient (Wildman–Crippen LogP) is 4.61. The van der Waals surface area contributed by atoms with Gasteiger partial charge in [0.15, 0.2) is 0 Å². The lowest BCUT2D eigenvalue weighted by Gasteiger charge is -2.32. The van der Waals surface area contributed by atoms with E-state index in [1.54, 1.807) is 6.07 Å². The Balaban J connectivity index is 1.55. The number of hydrogen-bond donors (Lipinski definition) is 2. The van der Waals surface area contributed by atoms with Gasteiger partial charge in [-0.05, 0) is 83.8 Å². The van der Waals surface area contributed by atoms with E-state index in [-0.39, 0.29) is 0 Å². The summed E-state index contributed by atoms with van der Waals surface area (Å²) in [5.74, 6) is 1.63. The van der Waals surface area contributed by atoms with E-state index in [1.165, 1.54) is 20.0 Å². The molecule has 1 aliphatic carbocycles. The van der Waals surface area contributed by atoms with Gasteiger partial charge in [-0.25, -0.2) is 9.78 Å². The molecule has 0 bridgehead atoms. The van der Waals surface area contributed by atoms with Crippen molar-refractivity contribution in [3.8, 4) is 0 Å². The number of carbonyl (C=O) groups excluding carboxylic acids is 1. The summed E-state index contributed by atoms with van der Waals surface area (Å²) in [6.07, 6.45) is 6.58. The van der Waals surface area contributed by atoms with Crippen molar-refractivity contribution >= 4 is 36.0 Å². The molecule has 0 amide bonds. The van der Waals surface area contributed by atoms with Crippen molar-refractivity contribution in [3.05, 3.63) is 35.5 Å². The van der Waals surface area contributed by atoms with Gasteiger partial charge in [0.2, 0.25) is 5.95 Å². The van der Waals surface area contributed by atoms with Crippen LogP contribution in [0.5, 0.6) is 0 Å². The number of aromatic nitrogens is 2. The minimum absolute atomic E-state index is 0.373. The normalized spacial score (nSPS) is 23.1. The van der Waals surface area contributed by atoms with E-state index in [0.717, 1.165) is 30.1 Å². The molecule has 0 unspecified atom stereocenters. The zero-order valence-electron chi connectivity index (χ0n) is 21.9. The van der Waals surface area contributed by atoms with Crippen LogP contribution in [-0.2, 0) is 14.0 Å². The van der Waals surface area contributed by atoms with Gasteiger partial charge in [-0.1, -0.05) is 13.0 Å². The van der Waals surface area contributed by atoms with Crippen LogP contribution in [0.3, 0.4) is 0 Å². The molecular weight excluding hydrogens is 443 g/mol. The number of aryl methyl sites for hydroxylation is 1. The molecule has 1 aromatic heterocycles. The number of nitrogens with zero attached hydrogens (tertiary/aromatic N) is 2. The lowest BCUT2D eigenvalue weighted by atomic mass is 9.75. The molecule has 1 aromatic carbocycles. The fraction of sp³-hybridized carbons (Fsp3) is 0.577. The molecule has 8 nitrogen and oxygen atoms in total. The van der Waals surface area contributed by atoms with Crippen molar-refractivity contribution in [2.75, 3.05) is 17.7 Å². The molecule has 2 fully saturated rings. The zero-order chi connectivity index (χ0) is 25.4. The highest BCUT2D eigenvalue weighted by Crippen LogP contribution is 2.37. The standard InChI is InChI=1S/C26H37BN4O4/c1-16-8-10-18(11-9-16)29-22-17(2)15-28-24(31-22)30-19-12-13-21(20(14-19)23(32)33-7)27-34-25(3,4)26(5,6)35-27/h12-16,18H,8-11H2,1-7H3,(H2,28,29,30,31). The van der Waals surface area contributed by atoms with E-state index >= 15 is 0 Å². The van der Waals surface area contributed by atoms with Gasteiger partial charge in [0, 0.05) is 23.5 Å². The maximum atomic E-state index is 12.7. The highest BCUT2D eigenvalue weighted by molar-refractivity contribution is 6.63. The number of rotatable bonds is 6. The number of hydrogen-bond acceptors (Lipinski definition) is 8. The fourth-order valence-corrected chi connectivity index (χ4v) is 4.47. The van der Waals surface area contributed by atoms with Crippen molar-refractivity contribution in [1.82, 2.24) is 9.97 Å². The highest BCUT2D eigenvalue weighted by Gasteiger charge is 2.52. The second kappa shape index (κ2) is 9.78. The SMILES string of the molecule is COC(=O)c1cc(Nc2ncc(C)c(NC3CCC(C)CC3)n2)ccc1B1OC(C)(C)C(C)(C)O1. The first-order chi connectivity index (χ1) is 16.5. The number of anilines is 3. The summed E-state index contributed by atoms with van der Waals surface area (Å²) in [5, 5.41) is 6.83. The van der Waals surface area contributed by atoms with E-state index in [0.29, 0.717) is 28.7 Å². The average Bonchev–Trinajstić information content (AvgIpc) is 3.03. The Hall–Kier alpha value is -2.65. The van der Waals surface area contributed by atoms with Crippen LogP contribution < -0.4 is 16.1 Å². The van der Waals surface area contributed by atoms with E-state index in [2.05, 4.69) is 22.5 Å². The molecule has 2 heterocycles. The van der Waals surface area contributed by atoms with E-state index in [4.69, 9.17) is 19.0 Å². The molecule has 4 rings (SSSR count). The van der Waals surface area contributed by atoms with Crippen LogP contribution in [-0.4, -0.2) is 47.4 Å². The third kappa shape index (κ3) is 5.46. The first-order valence-corrected chi connectivity index (χ1v) is 12.4. The monoisotopic (exact) mass is 480 g/mol. The maximum Gasteiger partial charge on any atom is 0.495 e. The Morgan fingerprint density at radius 1 is 1.11 bits per heavy atom. The molecule has 1 saturated heterocycles. The lowest BCUT2D eigenvalue weighted by molar-refractivity contribution is 0.00578. The Morgan fingerprint density at radius 3 is 2.40 bits per heavy atom. The molecule has 0 radical (unpaired) electrons. The molecule has 188 valence electrons. The Kier molecular flexibility index (Phi) is 7.11. The number of carbonyl (C=O) groups is 1. The second-order valence-corrected chi connectivity index (χ2v) is 10.8. The highest BCUT2D eigenvalue weighted by atomic mass is 16.7. The first-order valence-electron chi connectivity index (χ1n) is 12.4. The van der Waals surface area contributed by atoms with Gasteiger partial charge in [-0.15, -0.1) is 0 Å². The topological polar surface area (TPSA) is 94.6 Å². The lowest BCUT2D eigenvalue weighted by Crippen LogP contribution is -2.41. The van der Waals surface area contributed by atoms with Crippen LogP contribution in [0.2, 0.25) is 0 Å². The summed E-state index contributed by atoms with van der Waals surface area (Å²) < 4.78 is 17.4. The van der Waals surface area contributed by atoms with E-state index in [1.807, 2.05) is 52.9 Å². The van der Waals surface area contributed by atoms with Gasteiger partial charge >= 0.3 is 13.1 Å². The van der Waals surface area contributed by atoms with E-state index < -0.39 is 24.3 Å². The number of esters is 1. The zero-order valence-corrected chi connectivity index (χ0v) is 21.9. The third-order valence-corrected chi connectivity index (χ3v) is 7.55. The minimum Gasteiger partial charge on any atom is -0.465 e. The van der Waals surface area contributed by atoms with Crippen LogP contribution in [0.1, 0.15) is 76.2 Å². The van der Waals surface area contributed by atoms with Crippen LogP contribution in [0, 0.1) is 12.8 Å². The predicted molar refractivity (Wildman–Crippen MR) is 139 cm³/mol. The molecule has 35 heavy (non-hydrogen) atoms. The van der Waals surface area contributed by atoms with Gasteiger partial charge in [0.25, 0.3) is 0 Å². The van der Waals surface area contributed by atoms with Gasteiger partial charge in [-0.2, -0.15) is 4.98 Å². The summed E-state index contributed by atoms with van der Waals surface area (Å²) in [7, 11) is 0.691. The smallest absolute Gasteiger partial charge is 0.465 e. The minimum atomic E-state index is -0.673. The van der Waals surface area contributed by atoms with Crippen molar-refractivity contribution in [1.29, 1.82) is 0 Å². The van der Waals surface area contributed by atoms with Crippen LogP contribution in [0.25, 0.3) is 0 Å². The summed E-state index contributed by atoms with van der Waals surface area (Å²) in [6, 6.07) is 5.85. The molecule has 1 saturated carbocycles. The molecule has 0 atom stereocenters. The molecule has 1 aliphatic heterocycles. The molecule has 0 spiro atoms. The summed E-state index contributed by atoms with van der Waals surface area (Å²) in [5.41, 5.74) is 1.64. The summed E-state index contributed by atoms with van der Waals surface area (Å²) in [4.78, 5) is 21.8. The van der Waals surface area contributed by atoms with Crippen LogP contribution in [0.4, 0.5) is 17.5 Å². The maximum absolute atomic E-state index is 12.7. The molecular formula is C26H37BN4O4. The Labute approximate surface area is 208 Å². The number of nitrogens with one attached hydrogen (secondary N) is 2. The molecule has 2 aromatic rings. The number of ether oxygens (including phenoxy) is 1. The third-order valence-electron chi connectivity index (χ3n) is 7.55. The molecule has 2 aliphatic rings. The van der Waals surface area contributed by atoms with Crippen molar-refractivity contribution < 1.29 is 18.8 Å². The molecule has 2 N–H and O–H groups in total. The quantitative estimate of drug-likeness (QED) is 0.458. The fourth-order valence-electron chi connectivity index (χ4n) is 4.47. The van der Waals surface area contributed by atoms with Crippen molar-refractivity contribution in [2.45, 2.75) is 84.5 Å². The van der Waals surface area contributed by atoms with Crippen molar-refractivity contribution in [2.24, 2.45) is 5.92 Å². The van der Waals surface area contributed by atoms with Gasteiger partial charge < -0.3 is 24.7 Å². The number of benzene rings is 1. The largest absolute Gasteiger partial charge is 0.495 e. The molecule has 9 heteroatoms. The van der Waals surface area contributed by atoms with Gasteiger partial charge in [0.05, 0.1) is 23.9 Å². The van der Waals surface area contributed by atoms with Gasteiger partial charge in [0.1, 0.15) is 5.82 Å². The summed E-state index contributed by atoms with van der Waals surface area (Å²) >= 11 is 0. The first kappa shape index (κ1) is 25.4. The van der Waals surface area contributed by atoms with Crippen molar-refractivity contribution in [3.63, 3.8) is 0 Å². The van der Waals surface area contributed by atoms with Gasteiger partial charge in [-0.3, -0.25) is 0 Å². The Morgan fingerprint density at radius 2 is 1.77 bits per heavy atom. The van der Waals surface area contributed by atoms with E-state index in [9.17, 15) is 4.79 Å².